The molecule has 1 aromatic carbocycles. The highest BCUT2D eigenvalue weighted by atomic mass is 79.9. The van der Waals surface area contributed by atoms with Gasteiger partial charge in [0.2, 0.25) is 0 Å². The lowest BCUT2D eigenvalue weighted by Gasteiger charge is -2.15. The van der Waals surface area contributed by atoms with E-state index in [1.54, 1.807) is 7.11 Å². The van der Waals surface area contributed by atoms with Gasteiger partial charge in [-0.2, -0.15) is 0 Å². The molecule has 1 aliphatic heterocycles. The third kappa shape index (κ3) is 4.41. The van der Waals surface area contributed by atoms with Crippen LogP contribution in [0.5, 0.6) is 0 Å². The number of benzene rings is 1. The lowest BCUT2D eigenvalue weighted by Crippen LogP contribution is -2.24. The van der Waals surface area contributed by atoms with Crippen molar-refractivity contribution < 1.29 is 9.53 Å². The molecule has 4 heteroatoms. The van der Waals surface area contributed by atoms with E-state index in [4.69, 9.17) is 4.74 Å². The third-order valence-corrected chi connectivity index (χ3v) is 4.12. The van der Waals surface area contributed by atoms with Crippen LogP contribution in [0.3, 0.4) is 0 Å². The Bertz CT molecular complexity index is 419. The van der Waals surface area contributed by atoms with Gasteiger partial charge in [-0.3, -0.25) is 4.79 Å². The highest BCUT2D eigenvalue weighted by Gasteiger charge is 2.22. The minimum atomic E-state index is 0.225. The first-order valence-electron chi connectivity index (χ1n) is 6.69. The molecule has 0 amide bonds. The number of carbonyl (C=O) groups excluding carboxylic acids is 1. The smallest absolute Gasteiger partial charge is 0.164 e. The largest absolute Gasteiger partial charge is 0.384 e. The first kappa shape index (κ1) is 14.7. The van der Waals surface area contributed by atoms with Crippen LogP contribution in [-0.4, -0.2) is 44.0 Å². The third-order valence-electron chi connectivity index (χ3n) is 3.59. The molecule has 1 fully saturated rings. The number of hydrogen-bond acceptors (Lipinski definition) is 3. The van der Waals surface area contributed by atoms with Gasteiger partial charge in [0.25, 0.3) is 0 Å². The number of likely N-dealkylation sites (tertiary alicyclic amines) is 1. The molecular weight excluding hydrogens is 306 g/mol. The number of Topliss-reactive ketones (excluding diaryl/α,β-unsaturated/α-hetero) is 1. The molecule has 0 N–H and O–H groups in total. The number of carbonyl (C=O) groups is 1. The van der Waals surface area contributed by atoms with E-state index in [9.17, 15) is 4.79 Å². The van der Waals surface area contributed by atoms with Crippen LogP contribution in [0.4, 0.5) is 0 Å². The second kappa shape index (κ2) is 7.17. The average molecular weight is 326 g/mol. The van der Waals surface area contributed by atoms with Gasteiger partial charge in [-0.25, -0.2) is 0 Å². The molecule has 1 atom stereocenters. The lowest BCUT2D eigenvalue weighted by atomic mass is 10.1. The summed E-state index contributed by atoms with van der Waals surface area (Å²) in [6, 6.07) is 7.59. The van der Waals surface area contributed by atoms with Gasteiger partial charge in [0.15, 0.2) is 5.78 Å². The van der Waals surface area contributed by atoms with E-state index in [2.05, 4.69) is 20.8 Å². The van der Waals surface area contributed by atoms with Crippen molar-refractivity contribution in [3.8, 4) is 0 Å². The predicted molar refractivity (Wildman–Crippen MR) is 79.5 cm³/mol. The second-order valence-electron chi connectivity index (χ2n) is 5.09. The van der Waals surface area contributed by atoms with Gasteiger partial charge in [0.1, 0.15) is 0 Å². The molecule has 3 nitrogen and oxygen atoms in total. The molecule has 0 bridgehead atoms. The number of hydrogen-bond donors (Lipinski definition) is 0. The van der Waals surface area contributed by atoms with E-state index in [0.717, 1.165) is 36.3 Å². The zero-order valence-corrected chi connectivity index (χ0v) is 12.9. The van der Waals surface area contributed by atoms with Crippen LogP contribution in [0.25, 0.3) is 0 Å². The molecule has 0 aliphatic carbocycles. The van der Waals surface area contributed by atoms with Crippen molar-refractivity contribution in [1.82, 2.24) is 4.90 Å². The predicted octanol–water partition coefficient (Wildman–Crippen LogP) is 2.99. The molecule has 1 aromatic rings. The fraction of sp³-hybridized carbons (Fsp3) is 0.533. The maximum atomic E-state index is 12.1. The summed E-state index contributed by atoms with van der Waals surface area (Å²) in [5.74, 6) is 0.857. The summed E-state index contributed by atoms with van der Waals surface area (Å²) in [4.78, 5) is 14.4. The zero-order chi connectivity index (χ0) is 13.7. The van der Waals surface area contributed by atoms with Crippen molar-refractivity contribution in [2.24, 2.45) is 5.92 Å². The summed E-state index contributed by atoms with van der Waals surface area (Å²) in [6.07, 6.45) is 1.78. The van der Waals surface area contributed by atoms with Gasteiger partial charge >= 0.3 is 0 Å². The lowest BCUT2D eigenvalue weighted by molar-refractivity contribution is 0.0966. The minimum absolute atomic E-state index is 0.225. The maximum Gasteiger partial charge on any atom is 0.164 e. The number of halogens is 1. The number of ether oxygens (including phenoxy) is 1. The Balaban J connectivity index is 1.76. The Morgan fingerprint density at radius 1 is 1.42 bits per heavy atom. The molecule has 1 heterocycles. The first-order chi connectivity index (χ1) is 9.19. The van der Waals surface area contributed by atoms with Crippen LogP contribution in [-0.2, 0) is 4.74 Å². The highest BCUT2D eigenvalue weighted by molar-refractivity contribution is 9.10. The van der Waals surface area contributed by atoms with E-state index in [1.165, 1.54) is 6.42 Å². The summed E-state index contributed by atoms with van der Waals surface area (Å²) in [5.41, 5.74) is 0.802. The number of nitrogens with zero attached hydrogens (tertiary/aromatic N) is 1. The fourth-order valence-corrected chi connectivity index (χ4v) is 2.79. The summed E-state index contributed by atoms with van der Waals surface area (Å²) in [5, 5.41) is 0. The van der Waals surface area contributed by atoms with Crippen molar-refractivity contribution in [3.05, 3.63) is 34.3 Å². The molecule has 1 unspecified atom stereocenters. The topological polar surface area (TPSA) is 29.5 Å². The summed E-state index contributed by atoms with van der Waals surface area (Å²) in [7, 11) is 1.75. The average Bonchev–Trinajstić information content (AvgIpc) is 2.85. The van der Waals surface area contributed by atoms with Gasteiger partial charge in [0.05, 0.1) is 6.61 Å². The quantitative estimate of drug-likeness (QED) is 0.753. The van der Waals surface area contributed by atoms with Crippen molar-refractivity contribution in [3.63, 3.8) is 0 Å². The number of methoxy groups -OCH3 is 1. The van der Waals surface area contributed by atoms with E-state index in [0.29, 0.717) is 12.3 Å². The van der Waals surface area contributed by atoms with Crippen molar-refractivity contribution in [1.29, 1.82) is 0 Å². The summed E-state index contributed by atoms with van der Waals surface area (Å²) < 4.78 is 6.19. The Kier molecular flexibility index (Phi) is 5.55. The molecule has 0 saturated carbocycles. The first-order valence-corrected chi connectivity index (χ1v) is 7.48. The molecule has 19 heavy (non-hydrogen) atoms. The number of ketones is 1. The van der Waals surface area contributed by atoms with E-state index >= 15 is 0 Å². The Labute approximate surface area is 123 Å². The van der Waals surface area contributed by atoms with Crippen LogP contribution < -0.4 is 0 Å². The van der Waals surface area contributed by atoms with E-state index in [1.807, 2.05) is 24.3 Å². The highest BCUT2D eigenvalue weighted by Crippen LogP contribution is 2.17. The van der Waals surface area contributed by atoms with Gasteiger partial charge in [-0.15, -0.1) is 0 Å². The SMILES string of the molecule is COCC1CCN(CCC(=O)c2ccc(Br)cc2)C1. The van der Waals surface area contributed by atoms with Gasteiger partial charge in [-0.1, -0.05) is 28.1 Å². The van der Waals surface area contributed by atoms with Crippen LogP contribution >= 0.6 is 15.9 Å². The Morgan fingerprint density at radius 3 is 2.84 bits per heavy atom. The van der Waals surface area contributed by atoms with Crippen LogP contribution in [0.15, 0.2) is 28.7 Å². The van der Waals surface area contributed by atoms with Crippen LogP contribution in [0.2, 0.25) is 0 Å². The standard InChI is InChI=1S/C15H20BrNO2/c1-19-11-12-6-8-17(10-12)9-7-15(18)13-2-4-14(16)5-3-13/h2-5,12H,6-11H2,1H3. The molecular formula is C15H20BrNO2. The van der Waals surface area contributed by atoms with Gasteiger partial charge in [0, 0.05) is 36.7 Å². The zero-order valence-electron chi connectivity index (χ0n) is 11.3. The molecule has 104 valence electrons. The molecule has 0 aromatic heterocycles. The van der Waals surface area contributed by atoms with E-state index in [-0.39, 0.29) is 5.78 Å². The van der Waals surface area contributed by atoms with Crippen LogP contribution in [0, 0.1) is 5.92 Å². The van der Waals surface area contributed by atoms with Crippen molar-refractivity contribution in [2.75, 3.05) is 33.4 Å². The van der Waals surface area contributed by atoms with Gasteiger partial charge in [-0.05, 0) is 31.0 Å². The second-order valence-corrected chi connectivity index (χ2v) is 6.01. The van der Waals surface area contributed by atoms with E-state index < -0.39 is 0 Å². The van der Waals surface area contributed by atoms with Crippen molar-refractivity contribution >= 4 is 21.7 Å². The van der Waals surface area contributed by atoms with Crippen LogP contribution in [0.1, 0.15) is 23.2 Å². The fourth-order valence-electron chi connectivity index (χ4n) is 2.53. The monoisotopic (exact) mass is 325 g/mol. The summed E-state index contributed by atoms with van der Waals surface area (Å²) >= 11 is 3.38. The Morgan fingerprint density at radius 2 is 2.16 bits per heavy atom. The number of rotatable bonds is 6. The molecule has 1 aliphatic rings. The molecule has 2 rings (SSSR count). The van der Waals surface area contributed by atoms with Gasteiger partial charge < -0.3 is 9.64 Å². The van der Waals surface area contributed by atoms with Crippen molar-refractivity contribution in [2.45, 2.75) is 12.8 Å². The molecule has 0 spiro atoms. The summed E-state index contributed by atoms with van der Waals surface area (Å²) in [6.45, 7) is 3.83. The Hall–Kier alpha value is -0.710. The maximum absolute atomic E-state index is 12.1. The normalized spacial score (nSPS) is 19.8. The minimum Gasteiger partial charge on any atom is -0.384 e. The molecule has 0 radical (unpaired) electrons. The molecule has 1 saturated heterocycles.